The van der Waals surface area contributed by atoms with Gasteiger partial charge in [0.05, 0.1) is 21.2 Å². The average Bonchev–Trinajstić information content (AvgIpc) is 1.22. The van der Waals surface area contributed by atoms with Crippen LogP contribution in [0.15, 0.2) is 101 Å². The number of carbonyl (C=O) groups excluding carboxylic acids is 5. The van der Waals surface area contributed by atoms with Gasteiger partial charge in [-0.15, -0.1) is 0 Å². The van der Waals surface area contributed by atoms with Crippen LogP contribution in [0.4, 0.5) is 0 Å². The number of benzene rings is 3. The molecule has 0 spiro atoms. The second-order valence-electron chi connectivity index (χ2n) is 24.0. The Balaban J connectivity index is 0.000000343. The Hall–Kier alpha value is -7.42. The minimum absolute atomic E-state index is 0.0360. The van der Waals surface area contributed by atoms with Crippen LogP contribution in [-0.2, 0) is 38.4 Å². The number of ether oxygens (including phenoxy) is 1. The van der Waals surface area contributed by atoms with Crippen LogP contribution < -0.4 is 0 Å². The number of allylic oxidation sites excluding steroid dienone is 16. The van der Waals surface area contributed by atoms with E-state index in [-0.39, 0.29) is 138 Å². The Labute approximate surface area is 524 Å². The van der Waals surface area contributed by atoms with Gasteiger partial charge >= 0.3 is 11.9 Å². The molecule has 14 nitrogen and oxygen atoms in total. The van der Waals surface area contributed by atoms with Gasteiger partial charge in [0.2, 0.25) is 0 Å². The zero-order valence-corrected chi connectivity index (χ0v) is 54.9. The number of Topliss-reactive ketones (excluding diaryl/α,β-unsaturated/α-hetero) is 1. The molecule has 2 aliphatic rings. The summed E-state index contributed by atoms with van der Waals surface area (Å²) >= 11 is 12.2. The lowest BCUT2D eigenvalue weighted by Gasteiger charge is -2.45. The summed E-state index contributed by atoms with van der Waals surface area (Å²) in [7, 11) is 0. The standard InChI is InChI=1S/C25H31ClO6.C23H27ClO4.C23H32O4/c1-13(7-8-18-23(30)19(12-27)14(2)22(26)24(18)31)9-10-25(6)15(3)20(29)11-21(16(25)4)32-17(5)28;1-13(10-11-23(5)14(2)7-9-19(26)16(23)4)6-8-17-21(27)18(12-25)15(3)20(24)22(17)28;1-15(2)8-6-9-16(3)10-7-11-17(4)12-13-19-20(24)14-18(5)21(22(19)25)23(26)27/h7,9-10,12,15-16,21,30-31H,8,11H2,1-6H3;6-7,9-12,14,16,27-28H,8H2,1-5H3;8,10,12,14,24-25H,6-7,9,11,13H2,1-5H3,(H,26,27)/b10-9+,13-7+;11-10+,13-6+;16-10+,17-12+/t15-,16+,21-,25+;14-,16+,23+;/m01./s1. The van der Waals surface area contributed by atoms with Crippen molar-refractivity contribution < 1.29 is 69.2 Å². The molecule has 0 aliphatic heterocycles. The molecule has 0 amide bonds. The lowest BCUT2D eigenvalue weighted by Crippen LogP contribution is -2.48. The first kappa shape index (κ1) is 73.8. The molecule has 16 heteroatoms. The number of esters is 1. The van der Waals surface area contributed by atoms with Crippen LogP contribution in [0, 0.1) is 55.3 Å². The number of aldehydes is 2. The molecule has 2 aliphatic carbocycles. The van der Waals surface area contributed by atoms with Crippen molar-refractivity contribution in [1.29, 1.82) is 0 Å². The molecule has 0 radical (unpaired) electrons. The first-order valence-corrected chi connectivity index (χ1v) is 30.0. The summed E-state index contributed by atoms with van der Waals surface area (Å²) in [4.78, 5) is 69.9. The molecule has 0 aromatic heterocycles. The van der Waals surface area contributed by atoms with E-state index in [9.17, 15) is 64.5 Å². The summed E-state index contributed by atoms with van der Waals surface area (Å²) < 4.78 is 5.39. The van der Waals surface area contributed by atoms with Crippen LogP contribution in [0.1, 0.15) is 187 Å². The van der Waals surface area contributed by atoms with Crippen molar-refractivity contribution in [3.8, 4) is 34.5 Å². The Morgan fingerprint density at radius 3 is 1.55 bits per heavy atom. The summed E-state index contributed by atoms with van der Waals surface area (Å²) in [6.45, 7) is 30.1. The van der Waals surface area contributed by atoms with E-state index in [1.165, 1.54) is 24.1 Å². The summed E-state index contributed by atoms with van der Waals surface area (Å²) in [6, 6.07) is 1.39. The smallest absolute Gasteiger partial charge is 0.339 e. The minimum Gasteiger partial charge on any atom is -0.508 e. The number of rotatable bonds is 20. The molecule has 3 aromatic rings. The normalized spacial score (nSPS) is 21.7. The van der Waals surface area contributed by atoms with E-state index >= 15 is 0 Å². The third-order valence-electron chi connectivity index (χ3n) is 17.6. The van der Waals surface area contributed by atoms with Crippen molar-refractivity contribution in [2.24, 2.45) is 34.5 Å². The number of aryl methyl sites for hydroxylation is 1. The molecule has 5 rings (SSSR count). The quantitative estimate of drug-likeness (QED) is 0.0241. The summed E-state index contributed by atoms with van der Waals surface area (Å²) in [5.41, 5.74) is 6.43. The maximum atomic E-state index is 12.6. The van der Waals surface area contributed by atoms with Gasteiger partial charge in [-0.25, -0.2) is 4.79 Å². The van der Waals surface area contributed by atoms with Gasteiger partial charge in [0.1, 0.15) is 51.9 Å². The first-order valence-electron chi connectivity index (χ1n) is 29.2. The number of carboxylic acid groups (broad SMARTS) is 1. The fourth-order valence-corrected chi connectivity index (χ4v) is 11.0. The molecule has 0 heterocycles. The predicted molar refractivity (Wildman–Crippen MR) is 346 cm³/mol. The van der Waals surface area contributed by atoms with Gasteiger partial charge in [0.15, 0.2) is 18.4 Å². The minimum atomic E-state index is -1.19. The summed E-state index contributed by atoms with van der Waals surface area (Å²) in [5.74, 6) is -3.06. The first-order chi connectivity index (χ1) is 40.5. The maximum absolute atomic E-state index is 12.6. The number of aromatic hydroxyl groups is 6. The van der Waals surface area contributed by atoms with E-state index in [0.29, 0.717) is 35.7 Å². The van der Waals surface area contributed by atoms with Crippen molar-refractivity contribution in [2.45, 2.75) is 168 Å². The van der Waals surface area contributed by atoms with Crippen molar-refractivity contribution >= 4 is 59.3 Å². The fourth-order valence-electron chi connectivity index (χ4n) is 10.6. The van der Waals surface area contributed by atoms with Gasteiger partial charge in [-0.05, 0) is 142 Å². The second-order valence-corrected chi connectivity index (χ2v) is 24.7. The van der Waals surface area contributed by atoms with Crippen molar-refractivity contribution in [3.63, 3.8) is 0 Å². The van der Waals surface area contributed by atoms with Gasteiger partial charge in [-0.2, -0.15) is 0 Å². The summed E-state index contributed by atoms with van der Waals surface area (Å²) in [6.07, 6.45) is 26.9. The zero-order chi connectivity index (χ0) is 66.2. The second kappa shape index (κ2) is 32.5. The molecule has 0 bridgehead atoms. The number of phenolic OH excluding ortho intramolecular Hbond substituents is 5. The third-order valence-corrected chi connectivity index (χ3v) is 18.5. The highest BCUT2D eigenvalue weighted by Crippen LogP contribution is 2.47. The number of carboxylic acids is 1. The van der Waals surface area contributed by atoms with Crippen molar-refractivity contribution in [2.75, 3.05) is 0 Å². The van der Waals surface area contributed by atoms with Crippen LogP contribution >= 0.6 is 23.2 Å². The molecular weight excluding hydrogens is 1150 g/mol. The van der Waals surface area contributed by atoms with E-state index in [2.05, 4.69) is 46.8 Å². The van der Waals surface area contributed by atoms with E-state index < -0.39 is 23.5 Å². The maximum Gasteiger partial charge on any atom is 0.339 e. The molecule has 7 atom stereocenters. The number of halogens is 2. The van der Waals surface area contributed by atoms with E-state index in [1.54, 1.807) is 32.9 Å². The molecule has 0 unspecified atom stereocenters. The van der Waals surface area contributed by atoms with Crippen LogP contribution in [0.25, 0.3) is 0 Å². The monoisotopic (exact) mass is 1240 g/mol. The Bertz CT molecular complexity index is 3340. The number of ketones is 2. The Kier molecular flexibility index (Phi) is 27.6. The van der Waals surface area contributed by atoms with Crippen LogP contribution in [0.5, 0.6) is 34.5 Å². The van der Waals surface area contributed by atoms with Crippen LogP contribution in [0.3, 0.4) is 0 Å². The Morgan fingerprint density at radius 2 is 1.09 bits per heavy atom. The number of phenols is 6. The van der Waals surface area contributed by atoms with Gasteiger partial charge < -0.3 is 40.5 Å². The fraction of sp³-hybridized carbons (Fsp3) is 0.437. The zero-order valence-electron chi connectivity index (χ0n) is 53.4. The highest BCUT2D eigenvalue weighted by molar-refractivity contribution is 6.34. The van der Waals surface area contributed by atoms with E-state index in [4.69, 9.17) is 27.9 Å². The number of hydrogen-bond donors (Lipinski definition) is 7. The number of hydrogen-bond acceptors (Lipinski definition) is 13. The van der Waals surface area contributed by atoms with Crippen molar-refractivity contribution in [3.05, 3.63) is 161 Å². The van der Waals surface area contributed by atoms with Gasteiger partial charge in [-0.1, -0.05) is 153 Å². The van der Waals surface area contributed by atoms with Crippen molar-refractivity contribution in [1.82, 2.24) is 0 Å². The molecule has 1 saturated carbocycles. The highest BCUT2D eigenvalue weighted by Gasteiger charge is 2.48. The Morgan fingerprint density at radius 1 is 0.632 bits per heavy atom. The van der Waals surface area contributed by atoms with Gasteiger partial charge in [0, 0.05) is 58.6 Å². The largest absolute Gasteiger partial charge is 0.508 e. The molecule has 472 valence electrons. The molecule has 0 saturated heterocycles. The molecular formula is C71H90Cl2O14. The summed E-state index contributed by atoms with van der Waals surface area (Å²) in [5, 5.41) is 70.9. The lowest BCUT2D eigenvalue weighted by molar-refractivity contribution is -0.159. The number of aromatic carboxylic acids is 1. The number of carbonyl (C=O) groups is 6. The average molecular weight is 1240 g/mol. The SMILES string of the molecule is CC(/C=C/[C@@]1(C)[C@H](C)C=CC(=O)[C@@H]1C)=C\Cc1c(O)c(Cl)c(C)c(C=O)c1O.CC(=O)O[C@H]1CC(=O)[C@H](C)[C@@](C)(/C=C/C(C)=C/Cc2c(O)c(Cl)c(C)c(C=O)c2O)[C@@H]1C.CC(C)=CCC/C(C)=C/CC/C(C)=C/Cc1c(O)cc(C)c(C(=O)O)c1O. The molecule has 7 N–H and O–H groups in total. The van der Waals surface area contributed by atoms with Gasteiger partial charge in [-0.3, -0.25) is 24.0 Å². The van der Waals surface area contributed by atoms with Crippen LogP contribution in [-0.4, -0.2) is 77.9 Å². The topological polar surface area (TPSA) is 253 Å². The van der Waals surface area contributed by atoms with Crippen LogP contribution in [0.2, 0.25) is 10.0 Å². The lowest BCUT2D eigenvalue weighted by atomic mass is 9.60. The van der Waals surface area contributed by atoms with Gasteiger partial charge in [0.25, 0.3) is 0 Å². The van der Waals surface area contributed by atoms with E-state index in [0.717, 1.165) is 42.4 Å². The third kappa shape index (κ3) is 18.8. The molecule has 3 aromatic carbocycles. The predicted octanol–water partition coefficient (Wildman–Crippen LogP) is 16.5. The molecule has 87 heavy (non-hydrogen) atoms. The highest BCUT2D eigenvalue weighted by atomic mass is 35.5. The molecule has 1 fully saturated rings. The van der Waals surface area contributed by atoms with E-state index in [1.807, 2.05) is 91.0 Å².